The monoisotopic (exact) mass is 392 g/mol. The first kappa shape index (κ1) is 19.4. The topological polar surface area (TPSA) is 75.7 Å². The summed E-state index contributed by atoms with van der Waals surface area (Å²) in [6.45, 7) is -0.822. The van der Waals surface area contributed by atoms with Gasteiger partial charge in [0.15, 0.2) is 6.61 Å². The maximum absolute atomic E-state index is 13.8. The maximum Gasteiger partial charge on any atom is 0.311 e. The Labute approximate surface area is 157 Å². The summed E-state index contributed by atoms with van der Waals surface area (Å²) in [5, 5.41) is 2.09. The quantitative estimate of drug-likeness (QED) is 0.794. The number of benzene rings is 2. The van der Waals surface area contributed by atoms with Crippen molar-refractivity contribution in [1.29, 1.82) is 0 Å². The lowest BCUT2D eigenvalue weighted by atomic mass is 10.1. The lowest BCUT2D eigenvalue weighted by Gasteiger charge is -2.17. The van der Waals surface area contributed by atoms with Crippen LogP contribution in [0.1, 0.15) is 6.42 Å². The van der Waals surface area contributed by atoms with Crippen molar-refractivity contribution in [3.05, 3.63) is 59.9 Å². The van der Waals surface area contributed by atoms with Crippen LogP contribution in [0.4, 0.5) is 24.5 Å². The molecule has 1 saturated heterocycles. The average Bonchev–Trinajstić information content (AvgIpc) is 3.05. The van der Waals surface area contributed by atoms with Crippen molar-refractivity contribution in [2.24, 2.45) is 5.92 Å². The highest BCUT2D eigenvalue weighted by Gasteiger charge is 2.37. The molecule has 1 heterocycles. The molecule has 9 heteroatoms. The van der Waals surface area contributed by atoms with Gasteiger partial charge in [0, 0.05) is 19.0 Å². The number of nitrogens with zero attached hydrogens (tertiary/aromatic N) is 1. The van der Waals surface area contributed by atoms with Gasteiger partial charge in [0.2, 0.25) is 5.91 Å². The largest absolute Gasteiger partial charge is 0.455 e. The molecule has 0 saturated carbocycles. The Morgan fingerprint density at radius 3 is 2.61 bits per heavy atom. The molecule has 28 heavy (non-hydrogen) atoms. The molecule has 0 radical (unpaired) electrons. The van der Waals surface area contributed by atoms with Gasteiger partial charge in [-0.3, -0.25) is 14.4 Å². The lowest BCUT2D eigenvalue weighted by Crippen LogP contribution is -2.28. The second-order valence-electron chi connectivity index (χ2n) is 6.14. The van der Waals surface area contributed by atoms with Crippen LogP contribution >= 0.6 is 0 Å². The molecule has 146 valence electrons. The molecule has 3 rings (SSSR count). The van der Waals surface area contributed by atoms with Gasteiger partial charge in [0.1, 0.15) is 17.5 Å². The van der Waals surface area contributed by atoms with E-state index >= 15 is 0 Å². The molecule has 2 amide bonds. The fourth-order valence-corrected chi connectivity index (χ4v) is 2.80. The van der Waals surface area contributed by atoms with Gasteiger partial charge in [-0.2, -0.15) is 0 Å². The summed E-state index contributed by atoms with van der Waals surface area (Å²) in [6, 6.07) is 8.18. The van der Waals surface area contributed by atoms with Gasteiger partial charge in [-0.15, -0.1) is 0 Å². The number of esters is 1. The predicted molar refractivity (Wildman–Crippen MR) is 92.8 cm³/mol. The minimum absolute atomic E-state index is 0.0575. The molecule has 0 aliphatic carbocycles. The molecular weight excluding hydrogens is 377 g/mol. The molecule has 2 aromatic rings. The molecule has 1 aliphatic rings. The molecule has 0 bridgehead atoms. The predicted octanol–water partition coefficient (Wildman–Crippen LogP) is 2.64. The van der Waals surface area contributed by atoms with Gasteiger partial charge >= 0.3 is 5.97 Å². The smallest absolute Gasteiger partial charge is 0.311 e. The first-order valence-electron chi connectivity index (χ1n) is 8.31. The number of rotatable bonds is 5. The third kappa shape index (κ3) is 4.30. The summed E-state index contributed by atoms with van der Waals surface area (Å²) in [6.07, 6.45) is -0.187. The Bertz CT molecular complexity index is 935. The van der Waals surface area contributed by atoms with E-state index in [9.17, 15) is 27.6 Å². The van der Waals surface area contributed by atoms with Crippen LogP contribution in [0.25, 0.3) is 0 Å². The van der Waals surface area contributed by atoms with E-state index in [0.717, 1.165) is 23.1 Å². The zero-order chi connectivity index (χ0) is 20.3. The minimum Gasteiger partial charge on any atom is -0.455 e. The summed E-state index contributed by atoms with van der Waals surface area (Å²) < 4.78 is 45.3. The molecule has 1 N–H and O–H groups in total. The second kappa shape index (κ2) is 8.12. The van der Waals surface area contributed by atoms with Gasteiger partial charge < -0.3 is 15.0 Å². The van der Waals surface area contributed by atoms with Crippen LogP contribution in [0.5, 0.6) is 0 Å². The number of halogens is 3. The molecule has 0 spiro atoms. The van der Waals surface area contributed by atoms with E-state index in [-0.39, 0.29) is 24.3 Å². The average molecular weight is 392 g/mol. The molecule has 2 aromatic carbocycles. The maximum atomic E-state index is 13.8. The highest BCUT2D eigenvalue weighted by molar-refractivity contribution is 6.00. The molecule has 1 fully saturated rings. The van der Waals surface area contributed by atoms with Crippen molar-refractivity contribution >= 4 is 29.2 Å². The van der Waals surface area contributed by atoms with Crippen molar-refractivity contribution in [2.45, 2.75) is 6.42 Å². The van der Waals surface area contributed by atoms with Crippen LogP contribution < -0.4 is 10.2 Å². The molecule has 0 unspecified atom stereocenters. The number of carbonyl (C=O) groups is 3. The third-order valence-corrected chi connectivity index (χ3v) is 4.15. The summed E-state index contributed by atoms with van der Waals surface area (Å²) in [7, 11) is 0. The van der Waals surface area contributed by atoms with Crippen LogP contribution in [0, 0.1) is 23.4 Å². The van der Waals surface area contributed by atoms with Gasteiger partial charge in [-0.1, -0.05) is 12.1 Å². The molecule has 0 aromatic heterocycles. The number of ether oxygens (including phenoxy) is 1. The van der Waals surface area contributed by atoms with E-state index in [1.54, 1.807) is 6.07 Å². The van der Waals surface area contributed by atoms with Crippen molar-refractivity contribution in [1.82, 2.24) is 0 Å². The number of para-hydroxylation sites is 1. The molecular formula is C19H15F3N2O4. The first-order valence-corrected chi connectivity index (χ1v) is 8.31. The number of amides is 2. The van der Waals surface area contributed by atoms with Crippen LogP contribution in [-0.2, 0) is 19.1 Å². The lowest BCUT2D eigenvalue weighted by molar-refractivity contribution is -0.151. The zero-order valence-corrected chi connectivity index (χ0v) is 14.5. The first-order chi connectivity index (χ1) is 13.3. The Morgan fingerprint density at radius 1 is 1.11 bits per heavy atom. The number of carbonyl (C=O) groups excluding carboxylic acids is 3. The minimum atomic E-state index is -0.870. The van der Waals surface area contributed by atoms with E-state index in [4.69, 9.17) is 4.74 Å². The Morgan fingerprint density at radius 2 is 1.86 bits per heavy atom. The van der Waals surface area contributed by atoms with Crippen molar-refractivity contribution in [3.63, 3.8) is 0 Å². The van der Waals surface area contributed by atoms with E-state index in [1.165, 1.54) is 18.2 Å². The summed E-state index contributed by atoms with van der Waals surface area (Å²) in [5.41, 5.74) is -0.329. The van der Waals surface area contributed by atoms with Crippen LogP contribution in [-0.4, -0.2) is 30.9 Å². The Balaban J connectivity index is 1.55. The number of anilines is 2. The summed E-state index contributed by atoms with van der Waals surface area (Å²) >= 11 is 0. The SMILES string of the molecule is O=C(COC(=O)[C@@H]1CC(=O)N(c2ccccc2F)C1)Nc1cc(F)ccc1F. The van der Waals surface area contributed by atoms with Gasteiger partial charge in [-0.05, 0) is 24.3 Å². The van der Waals surface area contributed by atoms with E-state index < -0.39 is 47.8 Å². The summed E-state index contributed by atoms with van der Waals surface area (Å²) in [5.74, 6) is -5.19. The van der Waals surface area contributed by atoms with E-state index in [0.29, 0.717) is 0 Å². The van der Waals surface area contributed by atoms with Crippen LogP contribution in [0.2, 0.25) is 0 Å². The van der Waals surface area contributed by atoms with E-state index in [1.807, 2.05) is 0 Å². The fourth-order valence-electron chi connectivity index (χ4n) is 2.80. The van der Waals surface area contributed by atoms with E-state index in [2.05, 4.69) is 5.32 Å². The van der Waals surface area contributed by atoms with Gasteiger partial charge in [0.25, 0.3) is 5.91 Å². The van der Waals surface area contributed by atoms with Crippen LogP contribution in [0.15, 0.2) is 42.5 Å². The van der Waals surface area contributed by atoms with Crippen molar-refractivity contribution in [3.8, 4) is 0 Å². The number of hydrogen-bond donors (Lipinski definition) is 1. The number of nitrogens with one attached hydrogen (secondary N) is 1. The van der Waals surface area contributed by atoms with Crippen molar-refractivity contribution in [2.75, 3.05) is 23.4 Å². The Hall–Kier alpha value is -3.36. The highest BCUT2D eigenvalue weighted by Crippen LogP contribution is 2.27. The summed E-state index contributed by atoms with van der Waals surface area (Å²) in [4.78, 5) is 37.1. The van der Waals surface area contributed by atoms with Crippen molar-refractivity contribution < 1.29 is 32.3 Å². The number of hydrogen-bond acceptors (Lipinski definition) is 4. The Kier molecular flexibility index (Phi) is 5.62. The standard InChI is InChI=1S/C19H15F3N2O4/c20-12-5-6-13(21)15(8-12)23-17(25)10-28-19(27)11-7-18(26)24(9-11)16-4-2-1-3-14(16)22/h1-6,8,11H,7,9-10H2,(H,23,25)/t11-/m1/s1. The molecule has 1 atom stereocenters. The van der Waals surface area contributed by atoms with Gasteiger partial charge in [0.05, 0.1) is 17.3 Å². The molecule has 6 nitrogen and oxygen atoms in total. The van der Waals surface area contributed by atoms with Crippen LogP contribution in [0.3, 0.4) is 0 Å². The fraction of sp³-hybridized carbons (Fsp3) is 0.211. The normalized spacial score (nSPS) is 16.2. The second-order valence-corrected chi connectivity index (χ2v) is 6.14. The third-order valence-electron chi connectivity index (χ3n) is 4.15. The van der Waals surface area contributed by atoms with Gasteiger partial charge in [-0.25, -0.2) is 13.2 Å². The molecule has 1 aliphatic heterocycles. The highest BCUT2D eigenvalue weighted by atomic mass is 19.1. The zero-order valence-electron chi connectivity index (χ0n) is 14.5.